The Kier molecular flexibility index (Phi) is 5.99. The minimum atomic E-state index is -1.18. The van der Waals surface area contributed by atoms with Gasteiger partial charge in [-0.25, -0.2) is 8.78 Å². The number of hydrogen-bond donors (Lipinski definition) is 2. The maximum Gasteiger partial charge on any atom is 0.246 e. The molecule has 0 radical (unpaired) electrons. The Labute approximate surface area is 164 Å². The maximum atomic E-state index is 13.5. The lowest BCUT2D eigenvalue weighted by atomic mass is 10.0. The van der Waals surface area contributed by atoms with Crippen molar-refractivity contribution in [3.63, 3.8) is 0 Å². The summed E-state index contributed by atoms with van der Waals surface area (Å²) >= 11 is 6.16. The molecule has 3 rings (SSSR count). The Bertz CT molecular complexity index is 923. The highest BCUT2D eigenvalue weighted by Crippen LogP contribution is 2.38. The molecule has 0 saturated carbocycles. The van der Waals surface area contributed by atoms with Gasteiger partial charge in [-0.3, -0.25) is 9.59 Å². The number of carbonyl (C=O) groups excluding carboxylic acids is 2. The Morgan fingerprint density at radius 3 is 2.61 bits per heavy atom. The number of halogens is 3. The van der Waals surface area contributed by atoms with Crippen molar-refractivity contribution in [3.8, 4) is 11.5 Å². The van der Waals surface area contributed by atoms with E-state index in [9.17, 15) is 18.4 Å². The van der Waals surface area contributed by atoms with E-state index in [1.165, 1.54) is 13.1 Å². The number of nitrogens with one attached hydrogen (secondary N) is 2. The fourth-order valence-corrected chi connectivity index (χ4v) is 3.09. The molecule has 2 N–H and O–H groups in total. The van der Waals surface area contributed by atoms with Gasteiger partial charge in [0.05, 0.1) is 11.4 Å². The first-order valence-electron chi connectivity index (χ1n) is 8.43. The lowest BCUT2D eigenvalue weighted by molar-refractivity contribution is -0.128. The van der Waals surface area contributed by atoms with Crippen LogP contribution >= 0.6 is 11.6 Å². The largest absolute Gasteiger partial charge is 0.486 e. The number of likely N-dealkylation sites (N-methyl/N-ethyl adjacent to an activating group) is 1. The van der Waals surface area contributed by atoms with E-state index in [2.05, 4.69) is 10.6 Å². The quantitative estimate of drug-likeness (QED) is 0.794. The third kappa shape index (κ3) is 4.33. The van der Waals surface area contributed by atoms with Gasteiger partial charge in [-0.05, 0) is 35.4 Å². The topological polar surface area (TPSA) is 76.7 Å². The van der Waals surface area contributed by atoms with Gasteiger partial charge in [0.1, 0.15) is 19.3 Å². The molecule has 148 valence electrons. The fourth-order valence-electron chi connectivity index (χ4n) is 2.80. The van der Waals surface area contributed by atoms with Crippen LogP contribution in [0.1, 0.15) is 17.2 Å². The van der Waals surface area contributed by atoms with E-state index in [0.717, 1.165) is 12.1 Å². The first-order valence-corrected chi connectivity index (χ1v) is 8.80. The molecule has 1 heterocycles. The zero-order valence-corrected chi connectivity index (χ0v) is 15.6. The molecule has 0 aromatic heterocycles. The average molecular weight is 411 g/mol. The second-order valence-corrected chi connectivity index (χ2v) is 6.47. The van der Waals surface area contributed by atoms with Crippen molar-refractivity contribution in [3.05, 3.63) is 58.1 Å². The smallest absolute Gasteiger partial charge is 0.246 e. The zero-order chi connectivity index (χ0) is 20.3. The average Bonchev–Trinajstić information content (AvgIpc) is 2.68. The van der Waals surface area contributed by atoms with E-state index in [0.29, 0.717) is 35.3 Å². The van der Waals surface area contributed by atoms with Crippen molar-refractivity contribution < 1.29 is 27.8 Å². The molecule has 9 heteroatoms. The van der Waals surface area contributed by atoms with Crippen LogP contribution in [0, 0.1) is 11.6 Å². The van der Waals surface area contributed by atoms with Crippen molar-refractivity contribution in [2.24, 2.45) is 0 Å². The van der Waals surface area contributed by atoms with E-state index in [-0.39, 0.29) is 12.0 Å². The van der Waals surface area contributed by atoms with Gasteiger partial charge < -0.3 is 20.1 Å². The van der Waals surface area contributed by atoms with Crippen molar-refractivity contribution in [1.82, 2.24) is 10.6 Å². The number of ether oxygens (including phenoxy) is 2. The molecule has 1 aliphatic heterocycles. The molecule has 2 aromatic carbocycles. The molecule has 1 atom stereocenters. The highest BCUT2D eigenvalue weighted by molar-refractivity contribution is 6.32. The third-order valence-electron chi connectivity index (χ3n) is 4.11. The van der Waals surface area contributed by atoms with Crippen LogP contribution in [-0.4, -0.2) is 32.1 Å². The summed E-state index contributed by atoms with van der Waals surface area (Å²) in [5, 5.41) is 5.22. The van der Waals surface area contributed by atoms with Crippen LogP contribution in [0.4, 0.5) is 8.78 Å². The first kappa shape index (κ1) is 19.9. The molecule has 0 spiro atoms. The van der Waals surface area contributed by atoms with E-state index in [1.54, 1.807) is 12.1 Å². The molecule has 2 aromatic rings. The predicted molar refractivity (Wildman–Crippen MR) is 97.5 cm³/mol. The standard InChI is InChI=1S/C19H17ClF2N2O4/c1-23-19(26)17(11-2-3-13(21)14(22)9-11)24-16(25)8-10-6-12(20)18-15(7-10)27-4-5-28-18/h2-3,6-7,9,17H,4-5,8H2,1H3,(H,23,26)(H,24,25). The van der Waals surface area contributed by atoms with Crippen LogP contribution in [0.2, 0.25) is 5.02 Å². The lowest BCUT2D eigenvalue weighted by Crippen LogP contribution is -2.39. The van der Waals surface area contributed by atoms with Crippen LogP contribution in [0.25, 0.3) is 0 Å². The van der Waals surface area contributed by atoms with Crippen LogP contribution in [0.5, 0.6) is 11.5 Å². The molecule has 2 amide bonds. The van der Waals surface area contributed by atoms with Crippen molar-refractivity contribution in [2.75, 3.05) is 20.3 Å². The molecule has 28 heavy (non-hydrogen) atoms. The highest BCUT2D eigenvalue weighted by atomic mass is 35.5. The number of rotatable bonds is 5. The van der Waals surface area contributed by atoms with E-state index in [4.69, 9.17) is 21.1 Å². The zero-order valence-electron chi connectivity index (χ0n) is 14.9. The second kappa shape index (κ2) is 8.43. The number of hydrogen-bond acceptors (Lipinski definition) is 4. The Balaban J connectivity index is 1.78. The molecule has 6 nitrogen and oxygen atoms in total. The normalized spacial score (nSPS) is 13.6. The molecule has 0 bridgehead atoms. The van der Waals surface area contributed by atoms with Crippen molar-refractivity contribution in [1.29, 1.82) is 0 Å². The van der Waals surface area contributed by atoms with Gasteiger partial charge in [-0.1, -0.05) is 17.7 Å². The van der Waals surface area contributed by atoms with E-state index in [1.807, 2.05) is 0 Å². The predicted octanol–water partition coefficient (Wildman–Crippen LogP) is 2.54. The molecular formula is C19H17ClF2N2O4. The fraction of sp³-hybridized carbons (Fsp3) is 0.263. The second-order valence-electron chi connectivity index (χ2n) is 6.07. The van der Waals surface area contributed by atoms with Crippen LogP contribution in [-0.2, 0) is 16.0 Å². The highest BCUT2D eigenvalue weighted by Gasteiger charge is 2.24. The van der Waals surface area contributed by atoms with Gasteiger partial charge in [0.15, 0.2) is 23.1 Å². The van der Waals surface area contributed by atoms with Gasteiger partial charge in [0.25, 0.3) is 0 Å². The van der Waals surface area contributed by atoms with Gasteiger partial charge in [0.2, 0.25) is 11.8 Å². The Morgan fingerprint density at radius 2 is 1.89 bits per heavy atom. The van der Waals surface area contributed by atoms with Crippen molar-refractivity contribution >= 4 is 23.4 Å². The number of amides is 2. The Hall–Kier alpha value is -2.87. The summed E-state index contributed by atoms with van der Waals surface area (Å²) in [6, 6.07) is 5.02. The monoisotopic (exact) mass is 410 g/mol. The van der Waals surface area contributed by atoms with Gasteiger partial charge in [-0.15, -0.1) is 0 Å². The molecule has 1 aliphatic rings. The third-order valence-corrected chi connectivity index (χ3v) is 4.39. The number of fused-ring (bicyclic) bond motifs is 1. The summed E-state index contributed by atoms with van der Waals surface area (Å²) in [7, 11) is 1.38. The Morgan fingerprint density at radius 1 is 1.14 bits per heavy atom. The number of carbonyl (C=O) groups is 2. The van der Waals surface area contributed by atoms with E-state index < -0.39 is 29.5 Å². The van der Waals surface area contributed by atoms with Crippen LogP contribution in [0.3, 0.4) is 0 Å². The molecule has 0 saturated heterocycles. The summed E-state index contributed by atoms with van der Waals surface area (Å²) in [6.45, 7) is 0.752. The van der Waals surface area contributed by atoms with Gasteiger partial charge in [0, 0.05) is 7.05 Å². The van der Waals surface area contributed by atoms with Gasteiger partial charge >= 0.3 is 0 Å². The van der Waals surface area contributed by atoms with Crippen molar-refractivity contribution in [2.45, 2.75) is 12.5 Å². The summed E-state index contributed by atoms with van der Waals surface area (Å²) < 4.78 is 37.6. The van der Waals surface area contributed by atoms with Crippen LogP contribution in [0.15, 0.2) is 30.3 Å². The SMILES string of the molecule is CNC(=O)C(NC(=O)Cc1cc(Cl)c2c(c1)OCCO2)c1ccc(F)c(F)c1. The summed E-state index contributed by atoms with van der Waals surface area (Å²) in [5.74, 6) is -2.38. The van der Waals surface area contributed by atoms with E-state index >= 15 is 0 Å². The minimum Gasteiger partial charge on any atom is -0.486 e. The number of benzene rings is 2. The van der Waals surface area contributed by atoms with Crippen LogP contribution < -0.4 is 20.1 Å². The maximum absolute atomic E-state index is 13.5. The molecule has 0 aliphatic carbocycles. The lowest BCUT2D eigenvalue weighted by Gasteiger charge is -2.21. The van der Waals surface area contributed by atoms with Gasteiger partial charge in [-0.2, -0.15) is 0 Å². The molecule has 0 fully saturated rings. The summed E-state index contributed by atoms with van der Waals surface area (Å²) in [5.41, 5.74) is 0.666. The first-order chi connectivity index (χ1) is 13.4. The minimum absolute atomic E-state index is 0.104. The molecule has 1 unspecified atom stereocenters. The summed E-state index contributed by atoms with van der Waals surface area (Å²) in [4.78, 5) is 24.6. The summed E-state index contributed by atoms with van der Waals surface area (Å²) in [6.07, 6.45) is -0.104. The molecular weight excluding hydrogens is 394 g/mol.